The van der Waals surface area contributed by atoms with E-state index in [1.54, 1.807) is 12.1 Å². The second-order valence-corrected chi connectivity index (χ2v) is 6.08. The van der Waals surface area contributed by atoms with E-state index in [0.717, 1.165) is 17.7 Å². The molecule has 2 N–H and O–H groups in total. The average molecular weight is 259 g/mol. The molecule has 0 aliphatic heterocycles. The van der Waals surface area contributed by atoms with Crippen LogP contribution in [-0.4, -0.2) is 20.8 Å². The van der Waals surface area contributed by atoms with Crippen molar-refractivity contribution in [3.63, 3.8) is 0 Å². The van der Waals surface area contributed by atoms with Crippen LogP contribution in [-0.2, 0) is 10.0 Å². The number of benzene rings is 1. The first-order valence-electron chi connectivity index (χ1n) is 4.88. The molecule has 4 nitrogen and oxygen atoms in total. The summed E-state index contributed by atoms with van der Waals surface area (Å²) in [7, 11) is -3.72. The van der Waals surface area contributed by atoms with Gasteiger partial charge in [0.05, 0.1) is 6.10 Å². The normalized spacial score (nSPS) is 16.1. The third-order valence-corrected chi connectivity index (χ3v) is 3.93. The molecule has 0 atom stereocenters. The molecule has 0 saturated heterocycles. The summed E-state index contributed by atoms with van der Waals surface area (Å²) in [5, 5.41) is 5.16. The first-order valence-corrected chi connectivity index (χ1v) is 7.65. The van der Waals surface area contributed by atoms with Crippen molar-refractivity contribution in [1.82, 2.24) is 0 Å². The standard InChI is InChI=1S/C10H13NO3S2/c1-15-8-4-5-9(14-7-2-3-7)10(6-8)16(11,12)13/h4-7H,2-3H2,1H3,(H2,11,12,13). The summed E-state index contributed by atoms with van der Waals surface area (Å²) in [5.41, 5.74) is 0. The Morgan fingerprint density at radius 1 is 1.44 bits per heavy atom. The van der Waals surface area contributed by atoms with Gasteiger partial charge in [-0.05, 0) is 37.3 Å². The predicted octanol–water partition coefficient (Wildman–Crippen LogP) is 1.60. The zero-order valence-electron chi connectivity index (χ0n) is 8.84. The van der Waals surface area contributed by atoms with E-state index < -0.39 is 10.0 Å². The van der Waals surface area contributed by atoms with Gasteiger partial charge >= 0.3 is 0 Å². The number of primary sulfonamides is 1. The molecule has 1 fully saturated rings. The molecule has 1 aromatic carbocycles. The topological polar surface area (TPSA) is 69.4 Å². The molecular weight excluding hydrogens is 246 g/mol. The molecule has 0 unspecified atom stereocenters. The first kappa shape index (κ1) is 11.8. The highest BCUT2D eigenvalue weighted by atomic mass is 32.2. The van der Waals surface area contributed by atoms with E-state index in [4.69, 9.17) is 9.88 Å². The summed E-state index contributed by atoms with van der Waals surface area (Å²) in [6.45, 7) is 0. The smallest absolute Gasteiger partial charge is 0.241 e. The maximum atomic E-state index is 11.4. The van der Waals surface area contributed by atoms with Gasteiger partial charge in [0, 0.05) is 4.90 Å². The first-order chi connectivity index (χ1) is 7.50. The molecule has 16 heavy (non-hydrogen) atoms. The molecule has 0 spiro atoms. The summed E-state index contributed by atoms with van der Waals surface area (Å²) >= 11 is 1.47. The third-order valence-electron chi connectivity index (χ3n) is 2.28. The maximum Gasteiger partial charge on any atom is 0.241 e. The molecule has 1 aromatic rings. The van der Waals surface area contributed by atoms with E-state index in [0.29, 0.717) is 5.75 Å². The molecule has 88 valence electrons. The lowest BCUT2D eigenvalue weighted by molar-refractivity contribution is 0.295. The van der Waals surface area contributed by atoms with Gasteiger partial charge in [-0.3, -0.25) is 0 Å². The number of hydrogen-bond acceptors (Lipinski definition) is 4. The van der Waals surface area contributed by atoms with Crippen LogP contribution in [0.3, 0.4) is 0 Å². The Morgan fingerprint density at radius 2 is 2.12 bits per heavy atom. The highest BCUT2D eigenvalue weighted by molar-refractivity contribution is 7.98. The molecule has 0 aromatic heterocycles. The van der Waals surface area contributed by atoms with Crippen LogP contribution in [0.4, 0.5) is 0 Å². The quantitative estimate of drug-likeness (QED) is 0.834. The van der Waals surface area contributed by atoms with Crippen LogP contribution in [0.15, 0.2) is 28.0 Å². The summed E-state index contributed by atoms with van der Waals surface area (Å²) < 4.78 is 28.3. The highest BCUT2D eigenvalue weighted by Crippen LogP contribution is 2.33. The molecule has 0 bridgehead atoms. The minimum absolute atomic E-state index is 0.0752. The van der Waals surface area contributed by atoms with Crippen molar-refractivity contribution in [2.24, 2.45) is 5.14 Å². The minimum atomic E-state index is -3.72. The fourth-order valence-electron chi connectivity index (χ4n) is 1.30. The molecule has 1 aliphatic rings. The fourth-order valence-corrected chi connectivity index (χ4v) is 2.50. The Hall–Kier alpha value is -0.720. The van der Waals surface area contributed by atoms with Crippen molar-refractivity contribution >= 4 is 21.8 Å². The van der Waals surface area contributed by atoms with Gasteiger partial charge in [0.15, 0.2) is 0 Å². The average Bonchev–Trinajstić information content (AvgIpc) is 3.01. The van der Waals surface area contributed by atoms with Gasteiger partial charge in [-0.25, -0.2) is 13.6 Å². The largest absolute Gasteiger partial charge is 0.489 e. The van der Waals surface area contributed by atoms with E-state index >= 15 is 0 Å². The predicted molar refractivity (Wildman–Crippen MR) is 63.2 cm³/mol. The van der Waals surface area contributed by atoms with Crippen molar-refractivity contribution < 1.29 is 13.2 Å². The Morgan fingerprint density at radius 3 is 2.62 bits per heavy atom. The zero-order valence-corrected chi connectivity index (χ0v) is 10.5. The van der Waals surface area contributed by atoms with Crippen molar-refractivity contribution in [3.8, 4) is 5.75 Å². The zero-order chi connectivity index (χ0) is 11.8. The van der Waals surface area contributed by atoms with Gasteiger partial charge in [-0.2, -0.15) is 0 Å². The van der Waals surface area contributed by atoms with E-state index in [-0.39, 0.29) is 11.0 Å². The molecule has 6 heteroatoms. The van der Waals surface area contributed by atoms with Crippen LogP contribution >= 0.6 is 11.8 Å². The van der Waals surface area contributed by atoms with Crippen molar-refractivity contribution in [2.45, 2.75) is 28.7 Å². The lowest BCUT2D eigenvalue weighted by atomic mass is 10.3. The van der Waals surface area contributed by atoms with Gasteiger partial charge in [0.2, 0.25) is 10.0 Å². The Bertz CT molecular complexity index is 495. The summed E-state index contributed by atoms with van der Waals surface area (Å²) in [6, 6.07) is 5.05. The van der Waals surface area contributed by atoms with Gasteiger partial charge in [0.1, 0.15) is 10.6 Å². The monoisotopic (exact) mass is 259 g/mol. The summed E-state index contributed by atoms with van der Waals surface area (Å²) in [5.74, 6) is 0.364. The lowest BCUT2D eigenvalue weighted by Gasteiger charge is -2.10. The molecule has 1 aliphatic carbocycles. The molecular formula is C10H13NO3S2. The van der Waals surface area contributed by atoms with E-state index in [1.165, 1.54) is 11.8 Å². The number of nitrogens with two attached hydrogens (primary N) is 1. The van der Waals surface area contributed by atoms with Crippen molar-refractivity contribution in [1.29, 1.82) is 0 Å². The van der Waals surface area contributed by atoms with Gasteiger partial charge in [0.25, 0.3) is 0 Å². The van der Waals surface area contributed by atoms with Crippen LogP contribution in [0.2, 0.25) is 0 Å². The van der Waals surface area contributed by atoms with Gasteiger partial charge < -0.3 is 4.74 Å². The lowest BCUT2D eigenvalue weighted by Crippen LogP contribution is -2.14. The Labute approximate surface area is 99.2 Å². The molecule has 0 radical (unpaired) electrons. The molecule has 2 rings (SSSR count). The fraction of sp³-hybridized carbons (Fsp3) is 0.400. The molecule has 0 amide bonds. The van der Waals surface area contributed by atoms with Crippen LogP contribution in [0.1, 0.15) is 12.8 Å². The minimum Gasteiger partial charge on any atom is -0.489 e. The number of thioether (sulfide) groups is 1. The van der Waals surface area contributed by atoms with Gasteiger partial charge in [-0.15, -0.1) is 11.8 Å². The molecule has 1 saturated carbocycles. The highest BCUT2D eigenvalue weighted by Gasteiger charge is 2.26. The Kier molecular flexibility index (Phi) is 3.14. The van der Waals surface area contributed by atoms with E-state index in [2.05, 4.69) is 0 Å². The van der Waals surface area contributed by atoms with Crippen molar-refractivity contribution in [3.05, 3.63) is 18.2 Å². The van der Waals surface area contributed by atoms with Crippen LogP contribution < -0.4 is 9.88 Å². The molecule has 0 heterocycles. The van der Waals surface area contributed by atoms with Crippen molar-refractivity contribution in [2.75, 3.05) is 6.26 Å². The number of ether oxygens (including phenoxy) is 1. The van der Waals surface area contributed by atoms with Crippen LogP contribution in [0, 0.1) is 0 Å². The summed E-state index contributed by atoms with van der Waals surface area (Å²) in [6.07, 6.45) is 3.99. The second kappa shape index (κ2) is 4.27. The van der Waals surface area contributed by atoms with Gasteiger partial charge in [-0.1, -0.05) is 0 Å². The van der Waals surface area contributed by atoms with Crippen LogP contribution in [0.25, 0.3) is 0 Å². The second-order valence-electron chi connectivity index (χ2n) is 3.67. The Balaban J connectivity index is 2.42. The number of hydrogen-bond donors (Lipinski definition) is 1. The maximum absolute atomic E-state index is 11.4. The third kappa shape index (κ3) is 2.69. The SMILES string of the molecule is CSc1ccc(OC2CC2)c(S(N)(=O)=O)c1. The van der Waals surface area contributed by atoms with Crippen LogP contribution in [0.5, 0.6) is 5.75 Å². The number of sulfonamides is 1. The van der Waals surface area contributed by atoms with E-state index in [1.807, 2.05) is 12.3 Å². The van der Waals surface area contributed by atoms with E-state index in [9.17, 15) is 8.42 Å². The summed E-state index contributed by atoms with van der Waals surface area (Å²) in [4.78, 5) is 0.929. The number of rotatable bonds is 4.